The predicted octanol–water partition coefficient (Wildman–Crippen LogP) is 2.42. The number of aliphatic hydroxyl groups is 1. The molecule has 86 valence electrons. The van der Waals surface area contributed by atoms with E-state index >= 15 is 0 Å². The number of ether oxygens (including phenoxy) is 1. The van der Waals surface area contributed by atoms with Crippen LogP contribution in [-0.4, -0.2) is 18.0 Å². The fraction of sp³-hybridized carbons (Fsp3) is 0.583. The smallest absolute Gasteiger partial charge is 0.165 e. The first-order chi connectivity index (χ1) is 7.64. The normalized spacial score (nSPS) is 34.6. The molecule has 1 saturated carbocycles. The van der Waals surface area contributed by atoms with E-state index in [1.165, 1.54) is 7.11 Å². The standard InChI is InChI=1S/C12H15NO2S/c1-15-12(14)5-3-11(9-13,4-6-12)10-2-7-16-8-10/h2,7-8,14H,3-6H2,1H3. The lowest BCUT2D eigenvalue weighted by molar-refractivity contribution is -0.207. The average molecular weight is 237 g/mol. The van der Waals surface area contributed by atoms with Crippen molar-refractivity contribution < 1.29 is 9.84 Å². The first-order valence-corrected chi connectivity index (χ1v) is 6.30. The topological polar surface area (TPSA) is 53.2 Å². The Morgan fingerprint density at radius 2 is 2.12 bits per heavy atom. The second kappa shape index (κ2) is 4.17. The van der Waals surface area contributed by atoms with Gasteiger partial charge < -0.3 is 9.84 Å². The molecule has 2 rings (SSSR count). The molecule has 1 fully saturated rings. The Bertz CT molecular complexity index is 386. The molecule has 4 heteroatoms. The van der Waals surface area contributed by atoms with E-state index in [4.69, 9.17) is 4.74 Å². The fourth-order valence-corrected chi connectivity index (χ4v) is 3.03. The summed E-state index contributed by atoms with van der Waals surface area (Å²) in [4.78, 5) is 0. The van der Waals surface area contributed by atoms with Crippen molar-refractivity contribution in [3.63, 3.8) is 0 Å². The molecule has 16 heavy (non-hydrogen) atoms. The van der Waals surface area contributed by atoms with Crippen LogP contribution in [0, 0.1) is 11.3 Å². The minimum absolute atomic E-state index is 0.426. The number of nitriles is 1. The molecule has 0 radical (unpaired) electrons. The average Bonchev–Trinajstić information content (AvgIpc) is 2.85. The highest BCUT2D eigenvalue weighted by Gasteiger charge is 2.43. The zero-order chi connectivity index (χ0) is 11.6. The summed E-state index contributed by atoms with van der Waals surface area (Å²) in [5.41, 5.74) is 0.656. The van der Waals surface area contributed by atoms with Crippen LogP contribution in [0.25, 0.3) is 0 Å². The number of hydrogen-bond donors (Lipinski definition) is 1. The van der Waals surface area contributed by atoms with Gasteiger partial charge in [0.15, 0.2) is 5.79 Å². The van der Waals surface area contributed by atoms with Gasteiger partial charge in [0.2, 0.25) is 0 Å². The van der Waals surface area contributed by atoms with Gasteiger partial charge in [-0.25, -0.2) is 0 Å². The highest BCUT2D eigenvalue weighted by Crippen LogP contribution is 2.43. The van der Waals surface area contributed by atoms with Gasteiger partial charge in [-0.1, -0.05) is 0 Å². The van der Waals surface area contributed by atoms with Crippen molar-refractivity contribution in [3.05, 3.63) is 22.4 Å². The van der Waals surface area contributed by atoms with Gasteiger partial charge in [-0.05, 0) is 35.2 Å². The molecule has 0 amide bonds. The maximum Gasteiger partial charge on any atom is 0.165 e. The Morgan fingerprint density at radius 1 is 1.44 bits per heavy atom. The van der Waals surface area contributed by atoms with Gasteiger partial charge in [0, 0.05) is 20.0 Å². The minimum Gasteiger partial charge on any atom is -0.365 e. The molecule has 1 aliphatic carbocycles. The largest absolute Gasteiger partial charge is 0.365 e. The first kappa shape index (κ1) is 11.6. The van der Waals surface area contributed by atoms with Crippen molar-refractivity contribution >= 4 is 11.3 Å². The molecule has 0 aromatic carbocycles. The summed E-state index contributed by atoms with van der Waals surface area (Å²) in [5.74, 6) is -1.03. The monoisotopic (exact) mass is 237 g/mol. The van der Waals surface area contributed by atoms with E-state index in [-0.39, 0.29) is 0 Å². The van der Waals surface area contributed by atoms with E-state index in [1.54, 1.807) is 11.3 Å². The Morgan fingerprint density at radius 3 is 2.56 bits per heavy atom. The van der Waals surface area contributed by atoms with Gasteiger partial charge in [-0.15, -0.1) is 0 Å². The lowest BCUT2D eigenvalue weighted by Gasteiger charge is -2.39. The number of thiophene rings is 1. The van der Waals surface area contributed by atoms with E-state index in [2.05, 4.69) is 6.07 Å². The van der Waals surface area contributed by atoms with Crippen LogP contribution in [-0.2, 0) is 10.2 Å². The van der Waals surface area contributed by atoms with Gasteiger partial charge in [0.1, 0.15) is 0 Å². The quantitative estimate of drug-likeness (QED) is 0.804. The zero-order valence-electron chi connectivity index (χ0n) is 9.27. The molecular formula is C12H15NO2S. The Balaban J connectivity index is 2.20. The molecule has 1 aromatic heterocycles. The third-order valence-corrected chi connectivity index (χ3v) is 4.24. The van der Waals surface area contributed by atoms with Crippen molar-refractivity contribution in [1.82, 2.24) is 0 Å². The van der Waals surface area contributed by atoms with Crippen LogP contribution in [0.3, 0.4) is 0 Å². The molecule has 1 aromatic rings. The summed E-state index contributed by atoms with van der Waals surface area (Å²) < 4.78 is 5.08. The molecular weight excluding hydrogens is 222 g/mol. The molecule has 1 N–H and O–H groups in total. The minimum atomic E-state index is -1.03. The predicted molar refractivity (Wildman–Crippen MR) is 62.0 cm³/mol. The SMILES string of the molecule is COC1(O)CCC(C#N)(c2ccsc2)CC1. The van der Waals surface area contributed by atoms with E-state index in [9.17, 15) is 10.4 Å². The second-order valence-corrected chi connectivity index (χ2v) is 5.14. The van der Waals surface area contributed by atoms with Crippen LogP contribution in [0.1, 0.15) is 31.2 Å². The molecule has 0 aliphatic heterocycles. The summed E-state index contributed by atoms with van der Waals surface area (Å²) >= 11 is 1.61. The molecule has 0 spiro atoms. The van der Waals surface area contributed by atoms with E-state index in [0.717, 1.165) is 5.56 Å². The van der Waals surface area contributed by atoms with E-state index in [0.29, 0.717) is 25.7 Å². The van der Waals surface area contributed by atoms with Crippen LogP contribution < -0.4 is 0 Å². The van der Waals surface area contributed by atoms with Crippen LogP contribution in [0.2, 0.25) is 0 Å². The molecule has 0 saturated heterocycles. The second-order valence-electron chi connectivity index (χ2n) is 4.36. The summed E-state index contributed by atoms with van der Waals surface area (Å²) in [7, 11) is 1.52. The summed E-state index contributed by atoms with van der Waals surface area (Å²) in [5, 5.41) is 23.4. The van der Waals surface area contributed by atoms with E-state index in [1.807, 2.05) is 16.8 Å². The number of hydrogen-bond acceptors (Lipinski definition) is 4. The highest BCUT2D eigenvalue weighted by atomic mass is 32.1. The summed E-state index contributed by atoms with van der Waals surface area (Å²) in [6.45, 7) is 0. The molecule has 0 bridgehead atoms. The van der Waals surface area contributed by atoms with Crippen molar-refractivity contribution in [2.45, 2.75) is 36.9 Å². The fourth-order valence-electron chi connectivity index (χ4n) is 2.27. The third kappa shape index (κ3) is 1.86. The molecule has 0 atom stereocenters. The summed E-state index contributed by atoms with van der Waals surface area (Å²) in [6, 6.07) is 4.43. The number of methoxy groups -OCH3 is 1. The van der Waals surface area contributed by atoms with Crippen molar-refractivity contribution in [2.75, 3.05) is 7.11 Å². The number of rotatable bonds is 2. The van der Waals surface area contributed by atoms with Gasteiger partial charge in [-0.2, -0.15) is 16.6 Å². The third-order valence-electron chi connectivity index (χ3n) is 3.55. The lowest BCUT2D eigenvalue weighted by Crippen LogP contribution is -2.41. The van der Waals surface area contributed by atoms with Gasteiger partial charge >= 0.3 is 0 Å². The maximum atomic E-state index is 9.98. The first-order valence-electron chi connectivity index (χ1n) is 5.36. The van der Waals surface area contributed by atoms with Gasteiger partial charge in [0.05, 0.1) is 11.5 Å². The zero-order valence-corrected chi connectivity index (χ0v) is 10.1. The Labute approximate surface area is 99.3 Å². The number of nitrogens with zero attached hydrogens (tertiary/aromatic N) is 1. The van der Waals surface area contributed by atoms with Crippen molar-refractivity contribution in [1.29, 1.82) is 5.26 Å². The van der Waals surface area contributed by atoms with Crippen LogP contribution in [0.15, 0.2) is 16.8 Å². The van der Waals surface area contributed by atoms with Crippen molar-refractivity contribution in [3.8, 4) is 6.07 Å². The molecule has 0 unspecified atom stereocenters. The maximum absolute atomic E-state index is 9.98. The van der Waals surface area contributed by atoms with Crippen LogP contribution in [0.4, 0.5) is 0 Å². The summed E-state index contributed by atoms with van der Waals surface area (Å²) in [6.07, 6.45) is 2.36. The highest BCUT2D eigenvalue weighted by molar-refractivity contribution is 7.08. The van der Waals surface area contributed by atoms with Gasteiger partial charge in [-0.3, -0.25) is 0 Å². The Hall–Kier alpha value is -0.890. The van der Waals surface area contributed by atoms with Crippen LogP contribution in [0.5, 0.6) is 0 Å². The Kier molecular flexibility index (Phi) is 3.02. The van der Waals surface area contributed by atoms with E-state index < -0.39 is 11.2 Å². The molecule has 1 heterocycles. The van der Waals surface area contributed by atoms with Crippen LogP contribution >= 0.6 is 11.3 Å². The molecule has 1 aliphatic rings. The lowest BCUT2D eigenvalue weighted by atomic mass is 9.69. The molecule has 3 nitrogen and oxygen atoms in total. The van der Waals surface area contributed by atoms with Gasteiger partial charge in [0.25, 0.3) is 0 Å². The van der Waals surface area contributed by atoms with Crippen molar-refractivity contribution in [2.24, 2.45) is 0 Å².